The molecule has 0 bridgehead atoms. The Hall–Kier alpha value is -2.91. The molecule has 0 amide bonds. The second-order valence-electron chi connectivity index (χ2n) is 7.25. The zero-order valence-electron chi connectivity index (χ0n) is 16.0. The molecule has 0 saturated heterocycles. The van der Waals surface area contributed by atoms with Gasteiger partial charge in [0.25, 0.3) is 0 Å². The molecule has 0 saturated carbocycles. The molecule has 4 rings (SSSR count). The average molecular weight is 450 g/mol. The van der Waals surface area contributed by atoms with Crippen LogP contribution in [-0.4, -0.2) is 27.2 Å². The fourth-order valence-electron chi connectivity index (χ4n) is 3.74. The van der Waals surface area contributed by atoms with E-state index in [1.807, 2.05) is 0 Å². The van der Waals surface area contributed by atoms with E-state index < -0.39 is 34.0 Å². The van der Waals surface area contributed by atoms with Gasteiger partial charge in [0.1, 0.15) is 5.82 Å². The van der Waals surface area contributed by atoms with Crippen LogP contribution in [0.25, 0.3) is 11.1 Å². The van der Waals surface area contributed by atoms with Crippen molar-refractivity contribution in [2.45, 2.75) is 23.0 Å². The minimum atomic E-state index is -4.69. The zero-order valence-corrected chi connectivity index (χ0v) is 16.8. The average Bonchev–Trinajstić information content (AvgIpc) is 2.73. The Morgan fingerprint density at radius 3 is 2.19 bits per heavy atom. The van der Waals surface area contributed by atoms with Gasteiger partial charge in [-0.25, -0.2) is 17.5 Å². The van der Waals surface area contributed by atoms with Crippen LogP contribution in [-0.2, 0) is 10.0 Å². The predicted molar refractivity (Wildman–Crippen MR) is 110 cm³/mol. The predicted octanol–water partition coefficient (Wildman–Crippen LogP) is 4.91. The van der Waals surface area contributed by atoms with Crippen LogP contribution in [0.2, 0.25) is 0 Å². The Morgan fingerprint density at radius 2 is 1.55 bits per heavy atom. The summed E-state index contributed by atoms with van der Waals surface area (Å²) in [5.41, 5.74) is 1.24. The molecule has 1 aliphatic rings. The molecular weight excluding hydrogens is 432 g/mol. The molecule has 0 spiro atoms. The third-order valence-corrected chi connectivity index (χ3v) is 6.70. The van der Waals surface area contributed by atoms with E-state index in [1.54, 1.807) is 12.1 Å². The van der Waals surface area contributed by atoms with Crippen LogP contribution in [0.15, 0.2) is 77.7 Å². The van der Waals surface area contributed by atoms with E-state index in [9.17, 15) is 26.0 Å². The van der Waals surface area contributed by atoms with Crippen molar-refractivity contribution in [1.82, 2.24) is 4.72 Å². The van der Waals surface area contributed by atoms with Gasteiger partial charge in [-0.15, -0.1) is 0 Å². The molecule has 0 aromatic heterocycles. The van der Waals surface area contributed by atoms with E-state index in [0.29, 0.717) is 11.1 Å². The molecule has 3 aromatic rings. The van der Waals surface area contributed by atoms with Gasteiger partial charge < -0.3 is 5.32 Å². The molecule has 2 atom stereocenters. The molecule has 4 nitrogen and oxygen atoms in total. The fourth-order valence-corrected chi connectivity index (χ4v) is 5.01. The topological polar surface area (TPSA) is 58.2 Å². The van der Waals surface area contributed by atoms with E-state index in [-0.39, 0.29) is 22.7 Å². The molecule has 3 aromatic carbocycles. The Morgan fingerprint density at radius 1 is 0.903 bits per heavy atom. The van der Waals surface area contributed by atoms with Crippen LogP contribution in [0, 0.1) is 5.82 Å². The maximum atomic E-state index is 14.1. The van der Waals surface area contributed by atoms with Gasteiger partial charge in [-0.05, 0) is 53.1 Å². The lowest BCUT2D eigenvalue weighted by molar-refractivity contribution is -0.155. The summed E-state index contributed by atoms with van der Waals surface area (Å²) in [4.78, 5) is -0.109. The van der Waals surface area contributed by atoms with E-state index in [4.69, 9.17) is 0 Å². The fraction of sp³-hybridized carbons (Fsp3) is 0.182. The Bertz CT molecular complexity index is 1180. The number of fused-ring (bicyclic) bond motifs is 1. The Labute approximate surface area is 177 Å². The zero-order chi connectivity index (χ0) is 22.2. The lowest BCUT2D eigenvalue weighted by Gasteiger charge is -2.36. The van der Waals surface area contributed by atoms with E-state index in [1.165, 1.54) is 60.7 Å². The van der Waals surface area contributed by atoms with Crippen molar-refractivity contribution in [2.75, 3.05) is 11.9 Å². The van der Waals surface area contributed by atoms with Crippen molar-refractivity contribution in [2.24, 2.45) is 0 Å². The highest BCUT2D eigenvalue weighted by atomic mass is 32.2. The van der Waals surface area contributed by atoms with Crippen LogP contribution >= 0.6 is 0 Å². The summed E-state index contributed by atoms with van der Waals surface area (Å²) >= 11 is 0. The lowest BCUT2D eigenvalue weighted by Crippen LogP contribution is -2.50. The molecule has 1 heterocycles. The van der Waals surface area contributed by atoms with Crippen LogP contribution in [0.1, 0.15) is 11.5 Å². The van der Waals surface area contributed by atoms with Gasteiger partial charge in [-0.1, -0.05) is 36.4 Å². The summed E-state index contributed by atoms with van der Waals surface area (Å²) in [6.45, 7) is -0.223. The third-order valence-electron chi connectivity index (χ3n) is 5.19. The number of sulfonamides is 1. The minimum Gasteiger partial charge on any atom is -0.383 e. The molecule has 31 heavy (non-hydrogen) atoms. The van der Waals surface area contributed by atoms with Crippen molar-refractivity contribution in [3.63, 3.8) is 0 Å². The highest BCUT2D eigenvalue weighted by Crippen LogP contribution is 2.44. The van der Waals surface area contributed by atoms with Crippen LogP contribution in [0.5, 0.6) is 0 Å². The number of benzene rings is 3. The highest BCUT2D eigenvalue weighted by molar-refractivity contribution is 7.89. The second-order valence-corrected chi connectivity index (χ2v) is 8.96. The third kappa shape index (κ3) is 4.42. The van der Waals surface area contributed by atoms with Gasteiger partial charge in [0.05, 0.1) is 16.9 Å². The lowest BCUT2D eigenvalue weighted by atomic mass is 9.85. The van der Waals surface area contributed by atoms with Gasteiger partial charge >= 0.3 is 6.18 Å². The summed E-state index contributed by atoms with van der Waals surface area (Å²) in [6.07, 6.45) is -4.69. The van der Waals surface area contributed by atoms with Crippen molar-refractivity contribution < 1.29 is 26.0 Å². The molecule has 0 fully saturated rings. The highest BCUT2D eigenvalue weighted by Gasteiger charge is 2.49. The summed E-state index contributed by atoms with van der Waals surface area (Å²) in [6, 6.07) is 15.8. The normalized spacial score (nSPS) is 18.8. The van der Waals surface area contributed by atoms with Gasteiger partial charge in [0, 0.05) is 12.2 Å². The van der Waals surface area contributed by atoms with Gasteiger partial charge in [0.2, 0.25) is 10.0 Å². The first-order valence-electron chi connectivity index (χ1n) is 9.43. The molecule has 0 radical (unpaired) electrons. The summed E-state index contributed by atoms with van der Waals surface area (Å²) in [5, 5.41) is 2.89. The largest absolute Gasteiger partial charge is 0.397 e. The van der Waals surface area contributed by atoms with Crippen molar-refractivity contribution in [3.05, 3.63) is 84.2 Å². The monoisotopic (exact) mass is 450 g/mol. The number of rotatable bonds is 4. The molecule has 0 aliphatic carbocycles. The molecule has 162 valence electrons. The molecule has 2 N–H and O–H groups in total. The van der Waals surface area contributed by atoms with Gasteiger partial charge in [0.15, 0.2) is 0 Å². The summed E-state index contributed by atoms with van der Waals surface area (Å²) in [7, 11) is -4.15. The number of alkyl halides is 3. The van der Waals surface area contributed by atoms with Crippen molar-refractivity contribution in [1.29, 1.82) is 0 Å². The standard InChI is InChI=1S/C22H18F4N2O2S/c23-16-9-6-14(7-10-16)15-8-11-19-18(12-15)21(22(24,25)26)20(13-27-19)28-31(29,30)17-4-2-1-3-5-17/h1-12,20-21,27-28H,13H2. The van der Waals surface area contributed by atoms with E-state index in [2.05, 4.69) is 10.0 Å². The molecular formula is C22H18F4N2O2S. The van der Waals surface area contributed by atoms with Gasteiger partial charge in [-0.2, -0.15) is 13.2 Å². The number of hydrogen-bond acceptors (Lipinski definition) is 3. The first-order chi connectivity index (χ1) is 14.6. The Kier molecular flexibility index (Phi) is 5.49. The molecule has 9 heteroatoms. The van der Waals surface area contributed by atoms with E-state index in [0.717, 1.165) is 0 Å². The summed E-state index contributed by atoms with van der Waals surface area (Å²) in [5.74, 6) is -2.51. The van der Waals surface area contributed by atoms with Crippen molar-refractivity contribution in [3.8, 4) is 11.1 Å². The first-order valence-corrected chi connectivity index (χ1v) is 10.9. The summed E-state index contributed by atoms with van der Waals surface area (Å²) < 4.78 is 83.1. The number of halogens is 4. The van der Waals surface area contributed by atoms with Crippen LogP contribution in [0.3, 0.4) is 0 Å². The van der Waals surface area contributed by atoms with E-state index >= 15 is 0 Å². The number of nitrogens with one attached hydrogen (secondary N) is 2. The number of hydrogen-bond donors (Lipinski definition) is 2. The maximum absolute atomic E-state index is 14.1. The minimum absolute atomic E-state index is 0.0682. The SMILES string of the molecule is O=S(=O)(NC1CNc2ccc(-c3ccc(F)cc3)cc2C1C(F)(F)F)c1ccccc1. The molecule has 2 unspecified atom stereocenters. The molecule has 1 aliphatic heterocycles. The van der Waals surface area contributed by atoms with Crippen LogP contribution in [0.4, 0.5) is 23.2 Å². The van der Waals surface area contributed by atoms with Crippen molar-refractivity contribution >= 4 is 15.7 Å². The second kappa shape index (κ2) is 7.97. The Balaban J connectivity index is 1.73. The van der Waals surface area contributed by atoms with Gasteiger partial charge in [-0.3, -0.25) is 0 Å². The maximum Gasteiger partial charge on any atom is 0.397 e. The number of anilines is 1. The van der Waals surface area contributed by atoms with Crippen LogP contribution < -0.4 is 10.0 Å². The quantitative estimate of drug-likeness (QED) is 0.556. The smallest absolute Gasteiger partial charge is 0.383 e. The first kappa shape index (κ1) is 21.3.